The van der Waals surface area contributed by atoms with Crippen molar-refractivity contribution in [3.8, 4) is 0 Å². The van der Waals surface area contributed by atoms with Crippen molar-refractivity contribution in [1.82, 2.24) is 15.2 Å². The van der Waals surface area contributed by atoms with Crippen molar-refractivity contribution in [2.24, 2.45) is 5.10 Å². The fourth-order valence-electron chi connectivity index (χ4n) is 3.09. The number of hydrogen-bond acceptors (Lipinski definition) is 4. The Morgan fingerprint density at radius 1 is 1.00 bits per heavy atom. The van der Waals surface area contributed by atoms with E-state index in [1.54, 1.807) is 24.3 Å². The predicted octanol–water partition coefficient (Wildman–Crippen LogP) is 3.49. The number of halogens is 2. The summed E-state index contributed by atoms with van der Waals surface area (Å²) in [5.41, 5.74) is 2.82. The third kappa shape index (κ3) is 4.37. The zero-order valence-electron chi connectivity index (χ0n) is 16.1. The second kappa shape index (κ2) is 8.66. The highest BCUT2D eigenvalue weighted by Crippen LogP contribution is 2.14. The summed E-state index contributed by atoms with van der Waals surface area (Å²) >= 11 is 0. The molecule has 4 aromatic rings. The summed E-state index contributed by atoms with van der Waals surface area (Å²) in [5.74, 6) is -2.19. The average Bonchev–Trinajstić information content (AvgIpc) is 2.78. The standard InChI is InChI=1S/C23H16F2N4O2/c24-17-11-10-16(20(25)12-17)13-26-27-22(30)21-18-8-4-5-9-19(18)23(31)29(28-21)14-15-6-2-1-3-7-15/h1-13H,14H2,(H,27,30). The van der Waals surface area contributed by atoms with Gasteiger partial charge in [-0.2, -0.15) is 10.2 Å². The Kier molecular flexibility index (Phi) is 5.61. The molecule has 0 radical (unpaired) electrons. The summed E-state index contributed by atoms with van der Waals surface area (Å²) in [6.45, 7) is 0.189. The molecule has 8 heteroatoms. The molecular weight excluding hydrogens is 402 g/mol. The number of carbonyl (C=O) groups excluding carboxylic acids is 1. The minimum Gasteiger partial charge on any atom is -0.267 e. The molecule has 31 heavy (non-hydrogen) atoms. The lowest BCUT2D eigenvalue weighted by molar-refractivity contribution is 0.0949. The second-order valence-electron chi connectivity index (χ2n) is 6.71. The number of nitrogens with zero attached hydrogens (tertiary/aromatic N) is 3. The Labute approximate surface area is 175 Å². The van der Waals surface area contributed by atoms with Gasteiger partial charge in [-0.15, -0.1) is 0 Å². The Morgan fingerprint density at radius 3 is 2.45 bits per heavy atom. The normalized spacial score (nSPS) is 11.2. The first-order valence-corrected chi connectivity index (χ1v) is 9.35. The van der Waals surface area contributed by atoms with Crippen LogP contribution in [0.25, 0.3) is 10.8 Å². The highest BCUT2D eigenvalue weighted by molar-refractivity contribution is 6.04. The molecule has 0 saturated carbocycles. The molecule has 0 aliphatic rings. The summed E-state index contributed by atoms with van der Waals surface area (Å²) < 4.78 is 27.9. The molecule has 0 unspecified atom stereocenters. The van der Waals surface area contributed by atoms with E-state index in [9.17, 15) is 18.4 Å². The molecule has 1 amide bonds. The van der Waals surface area contributed by atoms with Crippen molar-refractivity contribution < 1.29 is 13.6 Å². The van der Waals surface area contributed by atoms with E-state index in [0.717, 1.165) is 23.9 Å². The monoisotopic (exact) mass is 418 g/mol. The maximum Gasteiger partial charge on any atom is 0.292 e. The van der Waals surface area contributed by atoms with Crippen LogP contribution < -0.4 is 11.0 Å². The first kappa shape index (κ1) is 20.1. The number of nitrogens with one attached hydrogen (secondary N) is 1. The largest absolute Gasteiger partial charge is 0.292 e. The minimum atomic E-state index is -0.807. The maximum absolute atomic E-state index is 13.7. The van der Waals surface area contributed by atoms with Gasteiger partial charge >= 0.3 is 0 Å². The zero-order valence-corrected chi connectivity index (χ0v) is 16.1. The topological polar surface area (TPSA) is 76.3 Å². The van der Waals surface area contributed by atoms with Crippen LogP contribution in [0.15, 0.2) is 82.7 Å². The van der Waals surface area contributed by atoms with E-state index in [0.29, 0.717) is 10.8 Å². The van der Waals surface area contributed by atoms with E-state index in [4.69, 9.17) is 0 Å². The number of hydrogen-bond donors (Lipinski definition) is 1. The number of amides is 1. The van der Waals surface area contributed by atoms with Crippen molar-refractivity contribution >= 4 is 22.9 Å². The molecular formula is C23H16F2N4O2. The third-order valence-electron chi connectivity index (χ3n) is 4.59. The molecule has 1 N–H and O–H groups in total. The highest BCUT2D eigenvalue weighted by Gasteiger charge is 2.16. The van der Waals surface area contributed by atoms with E-state index >= 15 is 0 Å². The number of aromatic nitrogens is 2. The van der Waals surface area contributed by atoms with Gasteiger partial charge in [-0.05, 0) is 23.8 Å². The van der Waals surface area contributed by atoms with Gasteiger partial charge in [0.15, 0.2) is 5.69 Å². The van der Waals surface area contributed by atoms with E-state index in [1.165, 1.54) is 10.7 Å². The summed E-state index contributed by atoms with van der Waals surface area (Å²) in [5, 5.41) is 8.69. The Balaban J connectivity index is 1.67. The molecule has 154 valence electrons. The number of hydrazone groups is 1. The van der Waals surface area contributed by atoms with Crippen LogP contribution in [0.5, 0.6) is 0 Å². The van der Waals surface area contributed by atoms with Crippen LogP contribution in [0, 0.1) is 11.6 Å². The molecule has 3 aromatic carbocycles. The van der Waals surface area contributed by atoms with Gasteiger partial charge in [0.1, 0.15) is 11.6 Å². The van der Waals surface area contributed by atoms with Gasteiger partial charge < -0.3 is 0 Å². The molecule has 0 bridgehead atoms. The van der Waals surface area contributed by atoms with Crippen molar-refractivity contribution in [2.45, 2.75) is 6.54 Å². The van der Waals surface area contributed by atoms with Gasteiger partial charge in [0.05, 0.1) is 18.1 Å². The molecule has 0 spiro atoms. The van der Waals surface area contributed by atoms with Crippen LogP contribution in [-0.4, -0.2) is 21.9 Å². The molecule has 0 aliphatic heterocycles. The second-order valence-corrected chi connectivity index (χ2v) is 6.71. The van der Waals surface area contributed by atoms with E-state index in [1.807, 2.05) is 30.3 Å². The lowest BCUT2D eigenvalue weighted by Gasteiger charge is -2.10. The van der Waals surface area contributed by atoms with E-state index in [-0.39, 0.29) is 23.4 Å². The number of rotatable bonds is 5. The van der Waals surface area contributed by atoms with Gasteiger partial charge in [-0.25, -0.2) is 18.9 Å². The van der Waals surface area contributed by atoms with Crippen molar-refractivity contribution in [3.63, 3.8) is 0 Å². The van der Waals surface area contributed by atoms with Gasteiger partial charge in [-0.3, -0.25) is 9.59 Å². The van der Waals surface area contributed by atoms with Crippen molar-refractivity contribution in [3.05, 3.63) is 112 Å². The maximum atomic E-state index is 13.7. The summed E-state index contributed by atoms with van der Waals surface area (Å²) in [6, 6.07) is 18.9. The van der Waals surface area contributed by atoms with Crippen LogP contribution in [0.2, 0.25) is 0 Å². The van der Waals surface area contributed by atoms with Crippen LogP contribution in [0.1, 0.15) is 21.6 Å². The van der Waals surface area contributed by atoms with Crippen LogP contribution in [0.3, 0.4) is 0 Å². The first-order valence-electron chi connectivity index (χ1n) is 9.35. The molecule has 0 atom stereocenters. The summed E-state index contributed by atoms with van der Waals surface area (Å²) in [6.07, 6.45) is 1.06. The molecule has 6 nitrogen and oxygen atoms in total. The number of benzene rings is 3. The zero-order chi connectivity index (χ0) is 21.8. The van der Waals surface area contributed by atoms with Crippen LogP contribution >= 0.6 is 0 Å². The Morgan fingerprint density at radius 2 is 1.71 bits per heavy atom. The first-order chi connectivity index (χ1) is 15.0. The van der Waals surface area contributed by atoms with Gasteiger partial charge in [0, 0.05) is 17.0 Å². The van der Waals surface area contributed by atoms with Crippen LogP contribution in [0.4, 0.5) is 8.78 Å². The smallest absolute Gasteiger partial charge is 0.267 e. The molecule has 0 fully saturated rings. The van der Waals surface area contributed by atoms with Crippen molar-refractivity contribution in [2.75, 3.05) is 0 Å². The van der Waals surface area contributed by atoms with Gasteiger partial charge in [0.25, 0.3) is 11.5 Å². The average molecular weight is 418 g/mol. The van der Waals surface area contributed by atoms with Crippen LogP contribution in [-0.2, 0) is 6.54 Å². The molecule has 1 aromatic heterocycles. The predicted molar refractivity (Wildman–Crippen MR) is 113 cm³/mol. The minimum absolute atomic E-state index is 0.00265. The van der Waals surface area contributed by atoms with E-state index in [2.05, 4.69) is 15.6 Å². The fraction of sp³-hybridized carbons (Fsp3) is 0.0435. The lowest BCUT2D eigenvalue weighted by Crippen LogP contribution is -2.29. The quantitative estimate of drug-likeness (QED) is 0.398. The molecule has 0 saturated heterocycles. The number of carbonyl (C=O) groups is 1. The Bertz CT molecular complexity index is 1350. The fourth-order valence-corrected chi connectivity index (χ4v) is 3.09. The van der Waals surface area contributed by atoms with Crippen molar-refractivity contribution in [1.29, 1.82) is 0 Å². The summed E-state index contributed by atoms with van der Waals surface area (Å²) in [7, 11) is 0. The summed E-state index contributed by atoms with van der Waals surface area (Å²) in [4.78, 5) is 25.6. The molecule has 4 rings (SSSR count). The Hall–Kier alpha value is -4.20. The third-order valence-corrected chi connectivity index (χ3v) is 4.59. The molecule has 1 heterocycles. The molecule has 0 aliphatic carbocycles. The van der Waals surface area contributed by atoms with E-state index < -0.39 is 17.5 Å². The van der Waals surface area contributed by atoms with Gasteiger partial charge in [-0.1, -0.05) is 48.5 Å². The lowest BCUT2D eigenvalue weighted by atomic mass is 10.1. The SMILES string of the molecule is O=C(NN=Cc1ccc(F)cc1F)c1nn(Cc2ccccc2)c(=O)c2ccccc12. The van der Waals surface area contributed by atoms with Gasteiger partial charge in [0.2, 0.25) is 0 Å². The highest BCUT2D eigenvalue weighted by atomic mass is 19.1. The number of fused-ring (bicyclic) bond motifs is 1.